The van der Waals surface area contributed by atoms with Gasteiger partial charge in [0.1, 0.15) is 5.75 Å². The van der Waals surface area contributed by atoms with Gasteiger partial charge in [-0.3, -0.25) is 4.79 Å². The molecule has 1 unspecified atom stereocenters. The molecule has 0 spiro atoms. The van der Waals surface area contributed by atoms with E-state index in [1.165, 1.54) is 0 Å². The highest BCUT2D eigenvalue weighted by Crippen LogP contribution is 2.42. The molecule has 0 fully saturated rings. The van der Waals surface area contributed by atoms with Gasteiger partial charge in [-0.15, -0.1) is 0 Å². The molecule has 1 atom stereocenters. The second-order valence-electron chi connectivity index (χ2n) is 8.18. The lowest BCUT2D eigenvalue weighted by molar-refractivity contribution is -0.134. The summed E-state index contributed by atoms with van der Waals surface area (Å²) in [5.74, 6) is 0.312. The third-order valence-electron chi connectivity index (χ3n) is 5.72. The zero-order chi connectivity index (χ0) is 23.5. The Morgan fingerprint density at radius 3 is 2.44 bits per heavy atom. The third kappa shape index (κ3) is 4.93. The molecule has 1 aliphatic rings. The van der Waals surface area contributed by atoms with E-state index in [1.54, 1.807) is 11.8 Å². The first-order chi connectivity index (χ1) is 16.6. The standard InChI is InChI=1S/C29H22ClNO2S/c1-19(20-7-3-2-4-8-20)17-28(32)33-23-15-16-27-25(18-23)31-29(21-11-13-22(30)14-12-21)24-9-5-6-10-26(24)34-27/h2-16,18-19H,17H2,1H3. The van der Waals surface area contributed by atoms with Crippen LogP contribution in [0.25, 0.3) is 0 Å². The number of esters is 1. The van der Waals surface area contributed by atoms with Crippen molar-refractivity contribution in [2.75, 3.05) is 0 Å². The maximum absolute atomic E-state index is 12.7. The highest BCUT2D eigenvalue weighted by Gasteiger charge is 2.20. The van der Waals surface area contributed by atoms with Gasteiger partial charge in [0, 0.05) is 32.0 Å². The summed E-state index contributed by atoms with van der Waals surface area (Å²) in [5.41, 5.74) is 4.78. The Bertz CT molecular complexity index is 1370. The van der Waals surface area contributed by atoms with Crippen LogP contribution in [0.4, 0.5) is 5.69 Å². The highest BCUT2D eigenvalue weighted by molar-refractivity contribution is 7.99. The summed E-state index contributed by atoms with van der Waals surface area (Å²) < 4.78 is 5.71. The Morgan fingerprint density at radius 1 is 0.912 bits per heavy atom. The van der Waals surface area contributed by atoms with Crippen molar-refractivity contribution in [1.29, 1.82) is 0 Å². The fourth-order valence-corrected chi connectivity index (χ4v) is 5.06. The van der Waals surface area contributed by atoms with Crippen LogP contribution in [0.2, 0.25) is 5.02 Å². The van der Waals surface area contributed by atoms with E-state index < -0.39 is 0 Å². The van der Waals surface area contributed by atoms with Gasteiger partial charge in [0.2, 0.25) is 0 Å². The van der Waals surface area contributed by atoms with Gasteiger partial charge in [-0.05, 0) is 41.8 Å². The summed E-state index contributed by atoms with van der Waals surface area (Å²) in [5, 5.41) is 0.681. The Balaban J connectivity index is 1.44. The SMILES string of the molecule is CC(CC(=O)Oc1ccc2c(c1)N=C(c1ccc(Cl)cc1)c1ccccc1S2)c1ccccc1. The molecule has 0 saturated heterocycles. The van der Waals surface area contributed by atoms with Gasteiger partial charge in [0.05, 0.1) is 17.8 Å². The lowest BCUT2D eigenvalue weighted by Crippen LogP contribution is -2.11. The smallest absolute Gasteiger partial charge is 0.311 e. The number of ether oxygens (including phenoxy) is 1. The second kappa shape index (κ2) is 9.88. The summed E-state index contributed by atoms with van der Waals surface area (Å²) >= 11 is 7.78. The Morgan fingerprint density at radius 2 is 1.65 bits per heavy atom. The molecule has 0 amide bonds. The maximum Gasteiger partial charge on any atom is 0.311 e. The maximum atomic E-state index is 12.7. The molecule has 3 nitrogen and oxygen atoms in total. The number of aliphatic imine (C=N–C) groups is 1. The van der Waals surface area contributed by atoms with Gasteiger partial charge in [-0.25, -0.2) is 4.99 Å². The fraction of sp³-hybridized carbons (Fsp3) is 0.103. The molecular weight excluding hydrogens is 462 g/mol. The van der Waals surface area contributed by atoms with Crippen molar-refractivity contribution in [1.82, 2.24) is 0 Å². The molecule has 0 aliphatic carbocycles. The van der Waals surface area contributed by atoms with Gasteiger partial charge < -0.3 is 4.74 Å². The average Bonchev–Trinajstić information content (AvgIpc) is 3.01. The number of carbonyl (C=O) groups is 1. The topological polar surface area (TPSA) is 38.7 Å². The molecule has 4 aromatic rings. The minimum absolute atomic E-state index is 0.0779. The van der Waals surface area contributed by atoms with Crippen LogP contribution in [0, 0.1) is 0 Å². The van der Waals surface area contributed by atoms with E-state index in [4.69, 9.17) is 21.3 Å². The normalized spacial score (nSPS) is 13.2. The number of halogens is 1. The molecule has 0 aromatic heterocycles. The van der Waals surface area contributed by atoms with Crippen LogP contribution >= 0.6 is 23.4 Å². The summed E-state index contributed by atoms with van der Waals surface area (Å²) in [6, 6.07) is 31.5. The van der Waals surface area contributed by atoms with Crippen LogP contribution in [-0.4, -0.2) is 11.7 Å². The van der Waals surface area contributed by atoms with Crippen LogP contribution in [0.5, 0.6) is 5.75 Å². The molecule has 34 heavy (non-hydrogen) atoms. The van der Waals surface area contributed by atoms with E-state index in [0.717, 1.165) is 37.9 Å². The minimum atomic E-state index is -0.261. The molecule has 1 aliphatic heterocycles. The Labute approximate surface area is 208 Å². The number of rotatable bonds is 5. The number of hydrogen-bond acceptors (Lipinski definition) is 4. The van der Waals surface area contributed by atoms with E-state index >= 15 is 0 Å². The lowest BCUT2D eigenvalue weighted by Gasteiger charge is -2.12. The van der Waals surface area contributed by atoms with Gasteiger partial charge in [0.25, 0.3) is 0 Å². The fourth-order valence-electron chi connectivity index (χ4n) is 3.94. The predicted octanol–water partition coefficient (Wildman–Crippen LogP) is 8.07. The molecule has 0 saturated carbocycles. The zero-order valence-corrected chi connectivity index (χ0v) is 20.1. The van der Waals surface area contributed by atoms with Crippen molar-refractivity contribution >= 4 is 40.7 Å². The summed E-state index contributed by atoms with van der Waals surface area (Å²) in [7, 11) is 0. The van der Waals surface area contributed by atoms with Gasteiger partial charge in [-0.1, -0.05) is 91.0 Å². The molecule has 5 heteroatoms. The van der Waals surface area contributed by atoms with Crippen LogP contribution in [0.15, 0.2) is 112 Å². The van der Waals surface area contributed by atoms with Crippen LogP contribution in [0.1, 0.15) is 36.0 Å². The number of hydrogen-bond donors (Lipinski definition) is 0. The van der Waals surface area contributed by atoms with Gasteiger partial charge in [-0.2, -0.15) is 0 Å². The summed E-state index contributed by atoms with van der Waals surface area (Å²) in [6.45, 7) is 2.03. The van der Waals surface area contributed by atoms with Crippen molar-refractivity contribution in [2.45, 2.75) is 29.1 Å². The minimum Gasteiger partial charge on any atom is -0.426 e. The van der Waals surface area contributed by atoms with Crippen molar-refractivity contribution in [3.8, 4) is 5.75 Å². The molecule has 5 rings (SSSR count). The van der Waals surface area contributed by atoms with Crippen LogP contribution in [0.3, 0.4) is 0 Å². The van der Waals surface area contributed by atoms with Crippen molar-refractivity contribution in [3.63, 3.8) is 0 Å². The van der Waals surface area contributed by atoms with Crippen molar-refractivity contribution < 1.29 is 9.53 Å². The molecule has 0 bridgehead atoms. The Kier molecular flexibility index (Phi) is 6.52. The Hall–Kier alpha value is -3.34. The predicted molar refractivity (Wildman–Crippen MR) is 139 cm³/mol. The molecule has 0 N–H and O–H groups in total. The quantitative estimate of drug-likeness (QED) is 0.187. The first-order valence-corrected chi connectivity index (χ1v) is 12.3. The molecular formula is C29H22ClNO2S. The zero-order valence-electron chi connectivity index (χ0n) is 18.6. The third-order valence-corrected chi connectivity index (χ3v) is 7.11. The first kappa shape index (κ1) is 22.5. The van der Waals surface area contributed by atoms with Crippen molar-refractivity contribution in [3.05, 3.63) is 119 Å². The second-order valence-corrected chi connectivity index (χ2v) is 9.71. The van der Waals surface area contributed by atoms with Gasteiger partial charge in [0.15, 0.2) is 0 Å². The lowest BCUT2D eigenvalue weighted by atomic mass is 9.98. The molecule has 1 heterocycles. The number of fused-ring (bicyclic) bond motifs is 2. The average molecular weight is 484 g/mol. The number of nitrogens with zero attached hydrogens (tertiary/aromatic N) is 1. The van der Waals surface area contributed by atoms with Crippen molar-refractivity contribution in [2.24, 2.45) is 4.99 Å². The van der Waals surface area contributed by atoms with Gasteiger partial charge >= 0.3 is 5.97 Å². The van der Waals surface area contributed by atoms with E-state index in [-0.39, 0.29) is 11.9 Å². The van der Waals surface area contributed by atoms with E-state index in [1.807, 2.05) is 91.9 Å². The summed E-state index contributed by atoms with van der Waals surface area (Å²) in [4.78, 5) is 19.8. The molecule has 4 aromatic carbocycles. The molecule has 0 radical (unpaired) electrons. The van der Waals surface area contributed by atoms with Crippen LogP contribution < -0.4 is 4.74 Å². The molecule has 168 valence electrons. The first-order valence-electron chi connectivity index (χ1n) is 11.1. The number of benzene rings is 4. The number of carbonyl (C=O) groups excluding carboxylic acids is 1. The largest absolute Gasteiger partial charge is 0.426 e. The highest BCUT2D eigenvalue weighted by atomic mass is 35.5. The monoisotopic (exact) mass is 483 g/mol. The van der Waals surface area contributed by atoms with E-state index in [0.29, 0.717) is 17.2 Å². The van der Waals surface area contributed by atoms with E-state index in [2.05, 4.69) is 12.1 Å². The van der Waals surface area contributed by atoms with Crippen LogP contribution in [-0.2, 0) is 4.79 Å². The summed E-state index contributed by atoms with van der Waals surface area (Å²) in [6.07, 6.45) is 0.306. The van der Waals surface area contributed by atoms with E-state index in [9.17, 15) is 4.79 Å².